The Kier molecular flexibility index (Phi) is 5.03. The number of hydrogen-bond acceptors (Lipinski definition) is 5. The largest absolute Gasteiger partial charge is 0.454 e. The Labute approximate surface area is 124 Å². The second-order valence-electron chi connectivity index (χ2n) is 5.15. The number of hydrogen-bond donors (Lipinski definition) is 2. The van der Waals surface area contributed by atoms with Gasteiger partial charge in [-0.05, 0) is 38.0 Å². The molecular formula is C15H22N2O4. The number of nitrogens with zero attached hydrogens (tertiary/aromatic N) is 1. The summed E-state index contributed by atoms with van der Waals surface area (Å²) in [4.78, 5) is 13.8. The van der Waals surface area contributed by atoms with Crippen molar-refractivity contribution in [1.29, 1.82) is 0 Å². The monoisotopic (exact) mass is 294 g/mol. The minimum absolute atomic E-state index is 0.0135. The molecule has 1 aliphatic rings. The Morgan fingerprint density at radius 2 is 2.14 bits per heavy atom. The second kappa shape index (κ2) is 6.78. The molecule has 1 heterocycles. The number of nitrogens with two attached hydrogens (primary N) is 1. The van der Waals surface area contributed by atoms with Crippen LogP contribution in [0.3, 0.4) is 0 Å². The van der Waals surface area contributed by atoms with Crippen LogP contribution in [0.5, 0.6) is 11.5 Å². The molecule has 3 N–H and O–H groups in total. The van der Waals surface area contributed by atoms with Gasteiger partial charge in [0.15, 0.2) is 11.5 Å². The number of aliphatic hydroxyl groups excluding tert-OH is 1. The number of ether oxygens (including phenoxy) is 2. The molecule has 0 aliphatic carbocycles. The standard InChI is InChI=1S/C15H22N2O4/c1-3-17(15(19)12(16)8-18)10(2)6-11-4-5-13-14(7-11)21-9-20-13/h4-5,7,10,12,18H,3,6,8-9,16H2,1-2H3/t10?,12-/m0/s1. The summed E-state index contributed by atoms with van der Waals surface area (Å²) in [5.41, 5.74) is 6.69. The smallest absolute Gasteiger partial charge is 0.242 e. The minimum atomic E-state index is -0.857. The fourth-order valence-corrected chi connectivity index (χ4v) is 2.50. The number of carbonyl (C=O) groups excluding carboxylic acids is 1. The lowest BCUT2D eigenvalue weighted by molar-refractivity contribution is -0.135. The molecule has 0 saturated heterocycles. The Morgan fingerprint density at radius 3 is 2.81 bits per heavy atom. The van der Waals surface area contributed by atoms with Crippen LogP contribution in [0.25, 0.3) is 0 Å². The highest BCUT2D eigenvalue weighted by Gasteiger charge is 2.24. The van der Waals surface area contributed by atoms with Gasteiger partial charge < -0.3 is 25.2 Å². The van der Waals surface area contributed by atoms with Crippen LogP contribution in [-0.2, 0) is 11.2 Å². The van der Waals surface area contributed by atoms with E-state index in [1.54, 1.807) is 4.90 Å². The third-order valence-corrected chi connectivity index (χ3v) is 3.64. The van der Waals surface area contributed by atoms with E-state index in [-0.39, 0.29) is 25.3 Å². The molecule has 0 spiro atoms. The molecule has 1 aliphatic heterocycles. The number of benzene rings is 1. The first kappa shape index (κ1) is 15.6. The van der Waals surface area contributed by atoms with Crippen LogP contribution in [0.4, 0.5) is 0 Å². The van der Waals surface area contributed by atoms with Gasteiger partial charge in [-0.1, -0.05) is 6.07 Å². The number of fused-ring (bicyclic) bond motifs is 1. The highest BCUT2D eigenvalue weighted by Crippen LogP contribution is 2.32. The van der Waals surface area contributed by atoms with Gasteiger partial charge in [-0.15, -0.1) is 0 Å². The fourth-order valence-electron chi connectivity index (χ4n) is 2.50. The third-order valence-electron chi connectivity index (χ3n) is 3.64. The van der Waals surface area contributed by atoms with E-state index in [1.807, 2.05) is 32.0 Å². The molecule has 1 unspecified atom stereocenters. The molecule has 0 fully saturated rings. The number of amides is 1. The second-order valence-corrected chi connectivity index (χ2v) is 5.15. The molecule has 1 aromatic carbocycles. The van der Waals surface area contributed by atoms with E-state index in [0.29, 0.717) is 13.0 Å². The molecule has 21 heavy (non-hydrogen) atoms. The molecule has 0 bridgehead atoms. The maximum Gasteiger partial charge on any atom is 0.242 e. The summed E-state index contributed by atoms with van der Waals surface area (Å²) < 4.78 is 10.6. The normalized spacial score (nSPS) is 15.6. The van der Waals surface area contributed by atoms with E-state index in [4.69, 9.17) is 20.3 Å². The maximum absolute atomic E-state index is 12.1. The topological polar surface area (TPSA) is 85.0 Å². The van der Waals surface area contributed by atoms with Crippen molar-refractivity contribution < 1.29 is 19.4 Å². The van der Waals surface area contributed by atoms with Gasteiger partial charge in [0.1, 0.15) is 6.04 Å². The van der Waals surface area contributed by atoms with Gasteiger partial charge in [-0.3, -0.25) is 4.79 Å². The van der Waals surface area contributed by atoms with Crippen LogP contribution in [0.1, 0.15) is 19.4 Å². The average molecular weight is 294 g/mol. The SMILES string of the molecule is CCN(C(=O)[C@@H](N)CO)C(C)Cc1ccc2c(c1)OCO2. The predicted octanol–water partition coefficient (Wildman–Crippen LogP) is 0.514. The zero-order chi connectivity index (χ0) is 15.4. The van der Waals surface area contributed by atoms with Gasteiger partial charge in [0, 0.05) is 12.6 Å². The summed E-state index contributed by atoms with van der Waals surface area (Å²) in [5, 5.41) is 9.02. The first-order valence-corrected chi connectivity index (χ1v) is 7.12. The molecule has 6 heteroatoms. The van der Waals surface area contributed by atoms with Crippen LogP contribution >= 0.6 is 0 Å². The molecule has 1 amide bonds. The lowest BCUT2D eigenvalue weighted by atomic mass is 10.0. The third kappa shape index (κ3) is 3.46. The number of aliphatic hydroxyl groups is 1. The molecule has 1 aromatic rings. The van der Waals surface area contributed by atoms with Crippen molar-refractivity contribution in [2.75, 3.05) is 19.9 Å². The minimum Gasteiger partial charge on any atom is -0.454 e. The van der Waals surface area contributed by atoms with E-state index in [0.717, 1.165) is 17.1 Å². The summed E-state index contributed by atoms with van der Waals surface area (Å²) in [6, 6.07) is 4.91. The van der Waals surface area contributed by atoms with Crippen LogP contribution in [0.2, 0.25) is 0 Å². The predicted molar refractivity (Wildman–Crippen MR) is 78.2 cm³/mol. The van der Waals surface area contributed by atoms with Gasteiger partial charge in [-0.25, -0.2) is 0 Å². The summed E-state index contributed by atoms with van der Waals surface area (Å²) in [6.07, 6.45) is 0.689. The van der Waals surface area contributed by atoms with Crippen molar-refractivity contribution in [3.05, 3.63) is 23.8 Å². The Balaban J connectivity index is 2.05. The number of rotatable bonds is 6. The fraction of sp³-hybridized carbons (Fsp3) is 0.533. The van der Waals surface area contributed by atoms with E-state index >= 15 is 0 Å². The van der Waals surface area contributed by atoms with Crippen LogP contribution in [0, 0.1) is 0 Å². The Hall–Kier alpha value is -1.79. The molecule has 0 saturated carbocycles. The van der Waals surface area contributed by atoms with Crippen molar-refractivity contribution >= 4 is 5.91 Å². The summed E-state index contributed by atoms with van der Waals surface area (Å²) in [5.74, 6) is 1.26. The van der Waals surface area contributed by atoms with E-state index in [1.165, 1.54) is 0 Å². The van der Waals surface area contributed by atoms with Crippen LogP contribution in [-0.4, -0.2) is 47.9 Å². The Morgan fingerprint density at radius 1 is 1.43 bits per heavy atom. The van der Waals surface area contributed by atoms with Gasteiger partial charge in [0.25, 0.3) is 0 Å². The summed E-state index contributed by atoms with van der Waals surface area (Å²) in [7, 11) is 0. The van der Waals surface area contributed by atoms with Crippen molar-refractivity contribution in [3.8, 4) is 11.5 Å². The van der Waals surface area contributed by atoms with Gasteiger partial charge in [0.2, 0.25) is 12.7 Å². The zero-order valence-corrected chi connectivity index (χ0v) is 12.4. The van der Waals surface area contributed by atoms with Crippen molar-refractivity contribution in [1.82, 2.24) is 4.90 Å². The lowest BCUT2D eigenvalue weighted by Crippen LogP contribution is -2.49. The van der Waals surface area contributed by atoms with Gasteiger partial charge in [0.05, 0.1) is 6.61 Å². The summed E-state index contributed by atoms with van der Waals surface area (Å²) in [6.45, 7) is 4.33. The van der Waals surface area contributed by atoms with Gasteiger partial charge in [-0.2, -0.15) is 0 Å². The van der Waals surface area contributed by atoms with E-state index in [2.05, 4.69) is 0 Å². The highest BCUT2D eigenvalue weighted by molar-refractivity contribution is 5.82. The summed E-state index contributed by atoms with van der Waals surface area (Å²) >= 11 is 0. The molecule has 2 atom stereocenters. The lowest BCUT2D eigenvalue weighted by Gasteiger charge is -2.30. The zero-order valence-electron chi connectivity index (χ0n) is 12.4. The molecule has 2 rings (SSSR count). The first-order valence-electron chi connectivity index (χ1n) is 7.12. The van der Waals surface area contributed by atoms with Crippen molar-refractivity contribution in [2.24, 2.45) is 5.73 Å². The van der Waals surface area contributed by atoms with E-state index in [9.17, 15) is 4.79 Å². The molecule has 0 radical (unpaired) electrons. The average Bonchev–Trinajstić information content (AvgIpc) is 2.94. The van der Waals surface area contributed by atoms with E-state index < -0.39 is 6.04 Å². The van der Waals surface area contributed by atoms with Crippen LogP contribution in [0.15, 0.2) is 18.2 Å². The maximum atomic E-state index is 12.1. The van der Waals surface area contributed by atoms with Gasteiger partial charge >= 0.3 is 0 Å². The quantitative estimate of drug-likeness (QED) is 0.799. The molecule has 0 aromatic heterocycles. The Bertz CT molecular complexity index is 506. The molecular weight excluding hydrogens is 272 g/mol. The molecule has 6 nitrogen and oxygen atoms in total. The number of carbonyl (C=O) groups is 1. The number of likely N-dealkylation sites (N-methyl/N-ethyl adjacent to an activating group) is 1. The first-order chi connectivity index (χ1) is 10.1. The highest BCUT2D eigenvalue weighted by atomic mass is 16.7. The van der Waals surface area contributed by atoms with Crippen molar-refractivity contribution in [2.45, 2.75) is 32.4 Å². The molecule has 116 valence electrons. The van der Waals surface area contributed by atoms with Crippen molar-refractivity contribution in [3.63, 3.8) is 0 Å². The van der Waals surface area contributed by atoms with Crippen LogP contribution < -0.4 is 15.2 Å².